The molecular weight excluding hydrogens is 375 g/mol. The summed E-state index contributed by atoms with van der Waals surface area (Å²) in [4.78, 5) is 39.9. The summed E-state index contributed by atoms with van der Waals surface area (Å²) in [5.41, 5.74) is -0.121. The second-order valence-corrected chi connectivity index (χ2v) is 9.16. The summed E-state index contributed by atoms with van der Waals surface area (Å²) >= 11 is 0. The maximum atomic E-state index is 15.2. The molecule has 0 bridgehead atoms. The molecule has 3 amide bonds. The number of carbonyl (C=O) groups is 3. The number of benzene rings is 1. The average molecular weight is 402 g/mol. The third kappa shape index (κ3) is 4.18. The van der Waals surface area contributed by atoms with Crippen molar-refractivity contribution >= 4 is 17.9 Å². The SMILES string of the molecule is CC(C)(C)OC(=O)N1CCC(=C(F)CN2C(=O)c3ccccc3C2=O)C(C)(C)C1. The standard InChI is InChI=1S/C22H27FN2O4/c1-21(2,3)29-20(28)24-11-10-16(22(4,5)13-24)17(23)12-25-18(26)14-8-6-7-9-15(14)19(25)27/h6-9H,10-13H2,1-5H3. The largest absolute Gasteiger partial charge is 0.444 e. The van der Waals surface area contributed by atoms with E-state index < -0.39 is 41.3 Å². The molecule has 2 aliphatic heterocycles. The lowest BCUT2D eigenvalue weighted by atomic mass is 9.78. The van der Waals surface area contributed by atoms with Crippen molar-refractivity contribution < 1.29 is 23.5 Å². The van der Waals surface area contributed by atoms with Crippen LogP contribution in [0.2, 0.25) is 0 Å². The number of likely N-dealkylation sites (tertiary alicyclic amines) is 1. The van der Waals surface area contributed by atoms with Gasteiger partial charge in [0.2, 0.25) is 0 Å². The monoisotopic (exact) mass is 402 g/mol. The Balaban J connectivity index is 1.76. The van der Waals surface area contributed by atoms with E-state index >= 15 is 4.39 Å². The van der Waals surface area contributed by atoms with Gasteiger partial charge in [0, 0.05) is 18.5 Å². The molecule has 1 fully saturated rings. The van der Waals surface area contributed by atoms with Crippen molar-refractivity contribution in [2.24, 2.45) is 5.41 Å². The Morgan fingerprint density at radius 1 is 1.14 bits per heavy atom. The van der Waals surface area contributed by atoms with Gasteiger partial charge in [0.25, 0.3) is 11.8 Å². The van der Waals surface area contributed by atoms with Crippen LogP contribution in [-0.4, -0.2) is 52.9 Å². The van der Waals surface area contributed by atoms with Crippen molar-refractivity contribution in [2.45, 2.75) is 46.6 Å². The number of rotatable bonds is 2. The van der Waals surface area contributed by atoms with Crippen molar-refractivity contribution in [3.8, 4) is 0 Å². The van der Waals surface area contributed by atoms with E-state index in [1.165, 1.54) is 0 Å². The van der Waals surface area contributed by atoms with E-state index in [9.17, 15) is 14.4 Å². The minimum absolute atomic E-state index is 0.298. The number of hydrogen-bond acceptors (Lipinski definition) is 4. The molecular formula is C22H27FN2O4. The van der Waals surface area contributed by atoms with Crippen LogP contribution in [0.1, 0.15) is 61.8 Å². The Morgan fingerprint density at radius 2 is 1.69 bits per heavy atom. The second kappa shape index (κ2) is 7.28. The number of piperidine rings is 1. The van der Waals surface area contributed by atoms with E-state index in [4.69, 9.17) is 4.74 Å². The summed E-state index contributed by atoms with van der Waals surface area (Å²) in [6, 6.07) is 6.50. The summed E-state index contributed by atoms with van der Waals surface area (Å²) in [6.45, 7) is 9.32. The Kier molecular flexibility index (Phi) is 5.28. The number of ether oxygens (including phenoxy) is 1. The molecule has 29 heavy (non-hydrogen) atoms. The van der Waals surface area contributed by atoms with Gasteiger partial charge in [-0.05, 0) is 44.9 Å². The quantitative estimate of drug-likeness (QED) is 0.697. The van der Waals surface area contributed by atoms with Gasteiger partial charge >= 0.3 is 6.09 Å². The van der Waals surface area contributed by atoms with E-state index in [1.807, 2.05) is 13.8 Å². The smallest absolute Gasteiger partial charge is 0.410 e. The molecule has 0 atom stereocenters. The molecule has 0 aliphatic carbocycles. The fourth-order valence-electron chi connectivity index (χ4n) is 3.84. The summed E-state index contributed by atoms with van der Waals surface area (Å²) in [7, 11) is 0. The molecule has 1 aromatic rings. The van der Waals surface area contributed by atoms with Crippen LogP contribution in [-0.2, 0) is 4.74 Å². The van der Waals surface area contributed by atoms with Crippen molar-refractivity contribution in [1.82, 2.24) is 9.80 Å². The topological polar surface area (TPSA) is 66.9 Å². The summed E-state index contributed by atoms with van der Waals surface area (Å²) < 4.78 is 20.6. The van der Waals surface area contributed by atoms with Crippen molar-refractivity contribution in [3.63, 3.8) is 0 Å². The Hall–Kier alpha value is -2.70. The molecule has 0 unspecified atom stereocenters. The predicted octanol–water partition coefficient (Wildman–Crippen LogP) is 4.17. The molecule has 156 valence electrons. The van der Waals surface area contributed by atoms with Gasteiger partial charge in [-0.2, -0.15) is 0 Å². The first-order valence-corrected chi connectivity index (χ1v) is 9.72. The predicted molar refractivity (Wildman–Crippen MR) is 106 cm³/mol. The van der Waals surface area contributed by atoms with Gasteiger partial charge in [0.05, 0.1) is 17.7 Å². The highest BCUT2D eigenvalue weighted by Gasteiger charge is 2.40. The first-order chi connectivity index (χ1) is 13.4. The summed E-state index contributed by atoms with van der Waals surface area (Å²) in [6.07, 6.45) is -0.105. The fraction of sp³-hybridized carbons (Fsp3) is 0.500. The molecule has 1 saturated heterocycles. The van der Waals surface area contributed by atoms with Crippen LogP contribution < -0.4 is 0 Å². The van der Waals surface area contributed by atoms with Gasteiger partial charge < -0.3 is 9.64 Å². The second-order valence-electron chi connectivity index (χ2n) is 9.16. The Bertz CT molecular complexity index is 863. The van der Waals surface area contributed by atoms with Gasteiger partial charge in [0.1, 0.15) is 11.4 Å². The van der Waals surface area contributed by atoms with Gasteiger partial charge in [-0.15, -0.1) is 0 Å². The molecule has 2 heterocycles. The summed E-state index contributed by atoms with van der Waals surface area (Å²) in [5, 5.41) is 0. The van der Waals surface area contributed by atoms with Crippen LogP contribution in [0.5, 0.6) is 0 Å². The number of nitrogens with zero attached hydrogens (tertiary/aromatic N) is 2. The van der Waals surface area contributed by atoms with Crippen LogP contribution in [0.3, 0.4) is 0 Å². The van der Waals surface area contributed by atoms with Crippen LogP contribution in [0, 0.1) is 5.41 Å². The summed E-state index contributed by atoms with van der Waals surface area (Å²) in [5.74, 6) is -1.45. The molecule has 0 radical (unpaired) electrons. The van der Waals surface area contributed by atoms with E-state index in [0.29, 0.717) is 36.2 Å². The fourth-order valence-corrected chi connectivity index (χ4v) is 3.84. The van der Waals surface area contributed by atoms with E-state index in [1.54, 1.807) is 49.9 Å². The van der Waals surface area contributed by atoms with Crippen LogP contribution in [0.4, 0.5) is 9.18 Å². The minimum Gasteiger partial charge on any atom is -0.444 e. The van der Waals surface area contributed by atoms with Crippen molar-refractivity contribution in [1.29, 1.82) is 0 Å². The maximum Gasteiger partial charge on any atom is 0.410 e. The number of fused-ring (bicyclic) bond motifs is 1. The van der Waals surface area contributed by atoms with E-state index in [2.05, 4.69) is 0 Å². The van der Waals surface area contributed by atoms with E-state index in [-0.39, 0.29) is 0 Å². The molecule has 7 heteroatoms. The van der Waals surface area contributed by atoms with Gasteiger partial charge in [-0.25, -0.2) is 9.18 Å². The third-order valence-corrected chi connectivity index (χ3v) is 5.19. The molecule has 0 N–H and O–H groups in total. The van der Waals surface area contributed by atoms with Gasteiger partial charge in [0.15, 0.2) is 0 Å². The minimum atomic E-state index is -0.641. The molecule has 2 aliphatic rings. The third-order valence-electron chi connectivity index (χ3n) is 5.19. The zero-order chi connectivity index (χ0) is 21.6. The van der Waals surface area contributed by atoms with Crippen LogP contribution in [0.25, 0.3) is 0 Å². The number of amides is 3. The lowest BCUT2D eigenvalue weighted by molar-refractivity contribution is 0.0152. The van der Waals surface area contributed by atoms with Crippen molar-refractivity contribution in [2.75, 3.05) is 19.6 Å². The van der Waals surface area contributed by atoms with Gasteiger partial charge in [-0.3, -0.25) is 14.5 Å². The highest BCUT2D eigenvalue weighted by atomic mass is 19.1. The number of imide groups is 1. The molecule has 3 rings (SSSR count). The molecule has 1 aromatic carbocycles. The zero-order valence-electron chi connectivity index (χ0n) is 17.5. The first-order valence-electron chi connectivity index (χ1n) is 9.72. The van der Waals surface area contributed by atoms with Crippen LogP contribution >= 0.6 is 0 Å². The first kappa shape index (κ1) is 21.0. The highest BCUT2D eigenvalue weighted by molar-refractivity contribution is 6.21. The molecule has 0 spiro atoms. The van der Waals surface area contributed by atoms with Crippen molar-refractivity contribution in [3.05, 3.63) is 46.8 Å². The highest BCUT2D eigenvalue weighted by Crippen LogP contribution is 2.38. The molecule has 0 aromatic heterocycles. The lowest BCUT2D eigenvalue weighted by Crippen LogP contribution is -2.47. The number of hydrogen-bond donors (Lipinski definition) is 0. The van der Waals surface area contributed by atoms with Gasteiger partial charge in [-0.1, -0.05) is 26.0 Å². The van der Waals surface area contributed by atoms with E-state index in [0.717, 1.165) is 4.90 Å². The number of carbonyl (C=O) groups excluding carboxylic acids is 3. The molecule has 6 nitrogen and oxygen atoms in total. The Morgan fingerprint density at radius 3 is 2.17 bits per heavy atom. The molecule has 0 saturated carbocycles. The Labute approximate surface area is 170 Å². The lowest BCUT2D eigenvalue weighted by Gasteiger charge is -2.41. The zero-order valence-corrected chi connectivity index (χ0v) is 17.5. The normalized spacial score (nSPS) is 20.6. The number of halogens is 1. The van der Waals surface area contributed by atoms with Crippen LogP contribution in [0.15, 0.2) is 35.7 Å². The maximum absolute atomic E-state index is 15.2. The average Bonchev–Trinajstić information content (AvgIpc) is 2.84.